The SMILES string of the molecule is CN(CC1(O)CCNC1)C(=O)Cc1ccc(F)cc1F. The van der Waals surface area contributed by atoms with Crippen LogP contribution < -0.4 is 5.32 Å². The number of likely N-dealkylation sites (N-methyl/N-ethyl adjacent to an activating group) is 1. The minimum Gasteiger partial charge on any atom is -0.387 e. The summed E-state index contributed by atoms with van der Waals surface area (Å²) < 4.78 is 26.3. The number of hydrogen-bond acceptors (Lipinski definition) is 3. The van der Waals surface area contributed by atoms with E-state index in [-0.39, 0.29) is 24.4 Å². The molecule has 1 aromatic rings. The van der Waals surface area contributed by atoms with E-state index >= 15 is 0 Å². The average Bonchev–Trinajstić information content (AvgIpc) is 2.79. The van der Waals surface area contributed by atoms with Crippen LogP contribution in [-0.2, 0) is 11.2 Å². The second-order valence-electron chi connectivity index (χ2n) is 5.31. The third kappa shape index (κ3) is 3.52. The number of nitrogens with one attached hydrogen (secondary N) is 1. The van der Waals surface area contributed by atoms with Crippen molar-refractivity contribution in [3.63, 3.8) is 0 Å². The van der Waals surface area contributed by atoms with Crippen LogP contribution in [0.4, 0.5) is 8.78 Å². The van der Waals surface area contributed by atoms with Crippen molar-refractivity contribution < 1.29 is 18.7 Å². The summed E-state index contributed by atoms with van der Waals surface area (Å²) in [6.45, 7) is 1.35. The molecule has 1 aromatic carbocycles. The Labute approximate surface area is 116 Å². The third-order valence-electron chi connectivity index (χ3n) is 3.54. The van der Waals surface area contributed by atoms with Crippen LogP contribution in [0.15, 0.2) is 18.2 Å². The number of nitrogens with zero attached hydrogens (tertiary/aromatic N) is 1. The first kappa shape index (κ1) is 14.9. The highest BCUT2D eigenvalue weighted by atomic mass is 19.1. The van der Waals surface area contributed by atoms with Crippen LogP contribution >= 0.6 is 0 Å². The van der Waals surface area contributed by atoms with Gasteiger partial charge in [0.15, 0.2) is 0 Å². The Balaban J connectivity index is 1.97. The molecule has 0 saturated carbocycles. The predicted octanol–water partition coefficient (Wildman–Crippen LogP) is 0.690. The Bertz CT molecular complexity index is 502. The lowest BCUT2D eigenvalue weighted by molar-refractivity contribution is -0.132. The summed E-state index contributed by atoms with van der Waals surface area (Å²) in [4.78, 5) is 13.4. The quantitative estimate of drug-likeness (QED) is 0.855. The van der Waals surface area contributed by atoms with Gasteiger partial charge in [-0.3, -0.25) is 4.79 Å². The first-order chi connectivity index (χ1) is 9.39. The van der Waals surface area contributed by atoms with Crippen molar-refractivity contribution in [2.45, 2.75) is 18.4 Å². The van der Waals surface area contributed by atoms with E-state index in [2.05, 4.69) is 5.32 Å². The van der Waals surface area contributed by atoms with E-state index in [1.165, 1.54) is 11.0 Å². The number of aliphatic hydroxyl groups is 1. The molecule has 0 bridgehead atoms. The van der Waals surface area contributed by atoms with Gasteiger partial charge in [0.1, 0.15) is 11.6 Å². The van der Waals surface area contributed by atoms with E-state index in [0.717, 1.165) is 12.1 Å². The molecule has 1 amide bonds. The number of amides is 1. The zero-order valence-electron chi connectivity index (χ0n) is 11.3. The molecule has 2 rings (SSSR count). The standard InChI is InChI=1S/C14H18F2N2O2/c1-18(9-14(20)4-5-17-8-14)13(19)6-10-2-3-11(15)7-12(10)16/h2-3,7,17,20H,4-6,8-9H2,1H3. The van der Waals surface area contributed by atoms with Crippen LogP contribution in [0.5, 0.6) is 0 Å². The van der Waals surface area contributed by atoms with E-state index in [9.17, 15) is 18.7 Å². The molecule has 1 heterocycles. The fourth-order valence-corrected chi connectivity index (χ4v) is 2.36. The Morgan fingerprint density at radius 3 is 2.85 bits per heavy atom. The van der Waals surface area contributed by atoms with Gasteiger partial charge in [-0.2, -0.15) is 0 Å². The molecule has 0 aliphatic carbocycles. The number of hydrogen-bond donors (Lipinski definition) is 2. The normalized spacial score (nSPS) is 22.0. The van der Waals surface area contributed by atoms with Crippen LogP contribution in [0.25, 0.3) is 0 Å². The third-order valence-corrected chi connectivity index (χ3v) is 3.54. The van der Waals surface area contributed by atoms with Crippen molar-refractivity contribution in [2.75, 3.05) is 26.7 Å². The summed E-state index contributed by atoms with van der Waals surface area (Å²) >= 11 is 0. The lowest BCUT2D eigenvalue weighted by Crippen LogP contribution is -2.45. The van der Waals surface area contributed by atoms with E-state index in [1.54, 1.807) is 7.05 Å². The van der Waals surface area contributed by atoms with Crippen molar-refractivity contribution in [1.82, 2.24) is 10.2 Å². The van der Waals surface area contributed by atoms with Gasteiger partial charge in [-0.05, 0) is 24.6 Å². The molecule has 0 spiro atoms. The van der Waals surface area contributed by atoms with Gasteiger partial charge in [0, 0.05) is 19.7 Å². The highest BCUT2D eigenvalue weighted by Gasteiger charge is 2.33. The lowest BCUT2D eigenvalue weighted by atomic mass is 10.0. The van der Waals surface area contributed by atoms with Gasteiger partial charge >= 0.3 is 0 Å². The number of carbonyl (C=O) groups excluding carboxylic acids is 1. The summed E-state index contributed by atoms with van der Waals surface area (Å²) in [5.74, 6) is -1.71. The van der Waals surface area contributed by atoms with Gasteiger partial charge < -0.3 is 15.3 Å². The highest BCUT2D eigenvalue weighted by molar-refractivity contribution is 5.78. The summed E-state index contributed by atoms with van der Waals surface area (Å²) in [6.07, 6.45) is 0.432. The predicted molar refractivity (Wildman–Crippen MR) is 70.1 cm³/mol. The second kappa shape index (κ2) is 5.85. The molecule has 1 fully saturated rings. The lowest BCUT2D eigenvalue weighted by Gasteiger charge is -2.28. The van der Waals surface area contributed by atoms with Crippen LogP contribution in [0.3, 0.4) is 0 Å². The molecule has 1 unspecified atom stereocenters. The van der Waals surface area contributed by atoms with Gasteiger partial charge in [0.2, 0.25) is 5.91 Å². The zero-order chi connectivity index (χ0) is 14.8. The molecule has 1 atom stereocenters. The number of halogens is 2. The maximum atomic E-state index is 13.5. The Morgan fingerprint density at radius 2 is 2.25 bits per heavy atom. The van der Waals surface area contributed by atoms with Crippen molar-refractivity contribution in [3.05, 3.63) is 35.4 Å². The summed E-state index contributed by atoms with van der Waals surface area (Å²) in [5, 5.41) is 13.2. The first-order valence-corrected chi connectivity index (χ1v) is 6.51. The molecular weight excluding hydrogens is 266 g/mol. The van der Waals surface area contributed by atoms with Crippen LogP contribution in [0.2, 0.25) is 0 Å². The molecule has 4 nitrogen and oxygen atoms in total. The molecule has 20 heavy (non-hydrogen) atoms. The van der Waals surface area contributed by atoms with Crippen LogP contribution in [0, 0.1) is 11.6 Å². The molecule has 1 aliphatic heterocycles. The minimum atomic E-state index is -0.925. The Kier molecular flexibility index (Phi) is 4.35. The zero-order valence-corrected chi connectivity index (χ0v) is 11.3. The molecule has 0 aromatic heterocycles. The minimum absolute atomic E-state index is 0.147. The number of rotatable bonds is 4. The van der Waals surface area contributed by atoms with Crippen LogP contribution in [0.1, 0.15) is 12.0 Å². The Hall–Kier alpha value is -1.53. The maximum absolute atomic E-state index is 13.5. The topological polar surface area (TPSA) is 52.6 Å². The largest absolute Gasteiger partial charge is 0.387 e. The monoisotopic (exact) mass is 284 g/mol. The number of carbonyl (C=O) groups is 1. The van der Waals surface area contributed by atoms with Gasteiger partial charge in [-0.25, -0.2) is 8.78 Å². The second-order valence-corrected chi connectivity index (χ2v) is 5.31. The smallest absolute Gasteiger partial charge is 0.226 e. The summed E-state index contributed by atoms with van der Waals surface area (Å²) in [5.41, 5.74) is -0.772. The first-order valence-electron chi connectivity index (χ1n) is 6.51. The van der Waals surface area contributed by atoms with Crippen LogP contribution in [-0.4, -0.2) is 48.2 Å². The fourth-order valence-electron chi connectivity index (χ4n) is 2.36. The molecule has 0 radical (unpaired) electrons. The maximum Gasteiger partial charge on any atom is 0.226 e. The van der Waals surface area contributed by atoms with Gasteiger partial charge in [0.25, 0.3) is 0 Å². The summed E-state index contributed by atoms with van der Waals surface area (Å²) in [6, 6.07) is 3.15. The molecular formula is C14H18F2N2O2. The average molecular weight is 284 g/mol. The summed E-state index contributed by atoms with van der Waals surface area (Å²) in [7, 11) is 1.57. The molecule has 1 saturated heterocycles. The van der Waals surface area contributed by atoms with E-state index < -0.39 is 17.2 Å². The van der Waals surface area contributed by atoms with Crippen molar-refractivity contribution in [2.24, 2.45) is 0 Å². The van der Waals surface area contributed by atoms with Gasteiger partial charge in [-0.15, -0.1) is 0 Å². The molecule has 110 valence electrons. The molecule has 1 aliphatic rings. The van der Waals surface area contributed by atoms with E-state index in [1.807, 2.05) is 0 Å². The van der Waals surface area contributed by atoms with E-state index in [0.29, 0.717) is 19.5 Å². The number of benzene rings is 1. The molecule has 2 N–H and O–H groups in total. The van der Waals surface area contributed by atoms with Crippen molar-refractivity contribution in [1.29, 1.82) is 0 Å². The van der Waals surface area contributed by atoms with E-state index in [4.69, 9.17) is 0 Å². The van der Waals surface area contributed by atoms with Crippen molar-refractivity contribution >= 4 is 5.91 Å². The highest BCUT2D eigenvalue weighted by Crippen LogP contribution is 2.16. The van der Waals surface area contributed by atoms with Crippen molar-refractivity contribution in [3.8, 4) is 0 Å². The Morgan fingerprint density at radius 1 is 1.50 bits per heavy atom. The van der Waals surface area contributed by atoms with Gasteiger partial charge in [-0.1, -0.05) is 6.07 Å². The molecule has 6 heteroatoms. The fraction of sp³-hybridized carbons (Fsp3) is 0.500. The van der Waals surface area contributed by atoms with Gasteiger partial charge in [0.05, 0.1) is 18.6 Å². The number of β-amino-alcohol motifs (C(OH)–C–C–N with tert-alkyl or cyclic N) is 1.